The van der Waals surface area contributed by atoms with Gasteiger partial charge >= 0.3 is 0 Å². The van der Waals surface area contributed by atoms with E-state index < -0.39 is 9.84 Å². The van der Waals surface area contributed by atoms with Crippen molar-refractivity contribution in [3.05, 3.63) is 78.3 Å². The van der Waals surface area contributed by atoms with Crippen molar-refractivity contribution >= 4 is 32.6 Å². The molecule has 1 aliphatic heterocycles. The molecule has 2 aromatic carbocycles. The van der Waals surface area contributed by atoms with Gasteiger partial charge in [0.05, 0.1) is 17.8 Å². The first-order valence-corrected chi connectivity index (χ1v) is 11.0. The largest absolute Gasteiger partial charge is 0.465 e. The van der Waals surface area contributed by atoms with Crippen LogP contribution in [0.4, 0.5) is 0 Å². The number of carbonyl (C=O) groups excluding carboxylic acids is 1. The Labute approximate surface area is 164 Å². The smallest absolute Gasteiger partial charge is 0.247 e. The predicted octanol–water partition coefficient (Wildman–Crippen LogP) is 3.66. The summed E-state index contributed by atoms with van der Waals surface area (Å²) in [5, 5.41) is 2.16. The van der Waals surface area contributed by atoms with Crippen molar-refractivity contribution in [3.63, 3.8) is 0 Å². The normalized spacial score (nSPS) is 18.6. The molecule has 0 bridgehead atoms. The number of carbonyl (C=O) groups is 1. The van der Waals surface area contributed by atoms with Crippen molar-refractivity contribution in [3.8, 4) is 0 Å². The third kappa shape index (κ3) is 4.02. The van der Waals surface area contributed by atoms with Gasteiger partial charge in [0.2, 0.25) is 5.91 Å². The van der Waals surface area contributed by atoms with Crippen LogP contribution in [0.2, 0.25) is 0 Å². The van der Waals surface area contributed by atoms with Crippen molar-refractivity contribution < 1.29 is 17.6 Å². The summed E-state index contributed by atoms with van der Waals surface area (Å²) in [4.78, 5) is 14.7. The highest BCUT2D eigenvalue weighted by Gasteiger charge is 2.34. The van der Waals surface area contributed by atoms with Gasteiger partial charge in [0.25, 0.3) is 0 Å². The summed E-state index contributed by atoms with van der Waals surface area (Å²) in [6, 6.07) is 17.2. The number of sulfone groups is 1. The van der Waals surface area contributed by atoms with Gasteiger partial charge in [0, 0.05) is 18.7 Å². The Bertz CT molecular complexity index is 1110. The van der Waals surface area contributed by atoms with E-state index in [1.54, 1.807) is 29.4 Å². The summed E-state index contributed by atoms with van der Waals surface area (Å²) in [6.45, 7) is 0.364. The minimum atomic E-state index is -3.10. The molecule has 1 unspecified atom stereocenters. The van der Waals surface area contributed by atoms with Crippen LogP contribution in [-0.4, -0.2) is 36.8 Å². The molecule has 1 fully saturated rings. The van der Waals surface area contributed by atoms with Crippen molar-refractivity contribution in [1.29, 1.82) is 0 Å². The first-order chi connectivity index (χ1) is 13.5. The highest BCUT2D eigenvalue weighted by Crippen LogP contribution is 2.25. The molecule has 0 aliphatic carbocycles. The highest BCUT2D eigenvalue weighted by molar-refractivity contribution is 7.91. The summed E-state index contributed by atoms with van der Waals surface area (Å²) in [6.07, 6.45) is 5.08. The van der Waals surface area contributed by atoms with Crippen molar-refractivity contribution in [2.75, 3.05) is 11.5 Å². The Balaban J connectivity index is 1.65. The molecule has 0 N–H and O–H groups in total. The van der Waals surface area contributed by atoms with Crippen LogP contribution in [0.15, 0.2) is 71.4 Å². The van der Waals surface area contributed by atoms with E-state index in [0.717, 1.165) is 16.3 Å². The zero-order valence-electron chi connectivity index (χ0n) is 15.3. The van der Waals surface area contributed by atoms with E-state index in [2.05, 4.69) is 0 Å². The van der Waals surface area contributed by atoms with E-state index >= 15 is 0 Å². The fourth-order valence-electron chi connectivity index (χ4n) is 3.66. The molecule has 0 saturated carbocycles. The van der Waals surface area contributed by atoms with Crippen LogP contribution in [0.25, 0.3) is 16.8 Å². The van der Waals surface area contributed by atoms with Gasteiger partial charge in [0.1, 0.15) is 5.76 Å². The van der Waals surface area contributed by atoms with Gasteiger partial charge in [-0.05, 0) is 41.0 Å². The second kappa shape index (κ2) is 7.64. The zero-order chi connectivity index (χ0) is 19.6. The monoisotopic (exact) mass is 395 g/mol. The van der Waals surface area contributed by atoms with Crippen LogP contribution in [0.3, 0.4) is 0 Å². The number of furan rings is 1. The molecule has 6 heteroatoms. The summed E-state index contributed by atoms with van der Waals surface area (Å²) < 4.78 is 29.3. The predicted molar refractivity (Wildman–Crippen MR) is 109 cm³/mol. The Kier molecular flexibility index (Phi) is 5.05. The maximum absolute atomic E-state index is 13.0. The number of fused-ring (bicyclic) bond motifs is 1. The third-order valence-corrected chi connectivity index (χ3v) is 6.84. The van der Waals surface area contributed by atoms with Crippen LogP contribution < -0.4 is 0 Å². The van der Waals surface area contributed by atoms with Gasteiger partial charge in [-0.2, -0.15) is 0 Å². The summed E-state index contributed by atoms with van der Waals surface area (Å²) in [7, 11) is -3.10. The van der Waals surface area contributed by atoms with Gasteiger partial charge < -0.3 is 9.32 Å². The van der Waals surface area contributed by atoms with E-state index in [4.69, 9.17) is 4.42 Å². The molecule has 0 spiro atoms. The van der Waals surface area contributed by atoms with E-state index in [9.17, 15) is 13.2 Å². The molecule has 1 amide bonds. The Hall–Kier alpha value is -2.86. The number of amides is 1. The second-order valence-corrected chi connectivity index (χ2v) is 9.24. The minimum Gasteiger partial charge on any atom is -0.465 e. The summed E-state index contributed by atoms with van der Waals surface area (Å²) in [5.41, 5.74) is 1.00. The Morgan fingerprint density at radius 2 is 1.93 bits per heavy atom. The average Bonchev–Trinajstić information content (AvgIpc) is 3.33. The van der Waals surface area contributed by atoms with Gasteiger partial charge in [-0.3, -0.25) is 4.79 Å². The van der Waals surface area contributed by atoms with Crippen LogP contribution in [-0.2, 0) is 21.2 Å². The lowest BCUT2D eigenvalue weighted by Crippen LogP contribution is -2.39. The Morgan fingerprint density at radius 1 is 1.11 bits per heavy atom. The van der Waals surface area contributed by atoms with Crippen molar-refractivity contribution in [2.24, 2.45) is 0 Å². The van der Waals surface area contributed by atoms with Gasteiger partial charge in [-0.25, -0.2) is 8.42 Å². The fourth-order valence-corrected chi connectivity index (χ4v) is 5.39. The lowest BCUT2D eigenvalue weighted by atomic mass is 10.0. The molecule has 144 valence electrons. The van der Waals surface area contributed by atoms with Crippen LogP contribution in [0, 0.1) is 0 Å². The molecular weight excluding hydrogens is 374 g/mol. The van der Waals surface area contributed by atoms with Gasteiger partial charge in [-0.15, -0.1) is 0 Å². The lowest BCUT2D eigenvalue weighted by Gasteiger charge is -2.28. The van der Waals surface area contributed by atoms with Gasteiger partial charge in [-0.1, -0.05) is 42.5 Å². The topological polar surface area (TPSA) is 67.6 Å². The highest BCUT2D eigenvalue weighted by atomic mass is 32.2. The molecule has 28 heavy (non-hydrogen) atoms. The van der Waals surface area contributed by atoms with Crippen LogP contribution in [0.1, 0.15) is 17.7 Å². The zero-order valence-corrected chi connectivity index (χ0v) is 16.1. The third-order valence-electron chi connectivity index (χ3n) is 5.09. The number of hydrogen-bond donors (Lipinski definition) is 0. The number of nitrogens with zero attached hydrogens (tertiary/aromatic N) is 1. The maximum atomic E-state index is 13.0. The molecule has 4 rings (SSSR count). The number of rotatable bonds is 5. The molecule has 1 aliphatic rings. The summed E-state index contributed by atoms with van der Waals surface area (Å²) >= 11 is 0. The van der Waals surface area contributed by atoms with E-state index in [-0.39, 0.29) is 23.5 Å². The van der Waals surface area contributed by atoms with Crippen molar-refractivity contribution in [1.82, 2.24) is 4.90 Å². The lowest BCUT2D eigenvalue weighted by molar-refractivity contribution is -0.128. The molecule has 3 aromatic rings. The first-order valence-electron chi connectivity index (χ1n) is 9.21. The molecule has 1 aromatic heterocycles. The SMILES string of the molecule is O=C(C=Cc1ccco1)N(Cc1cccc2ccccc12)C1CCS(=O)(=O)C1. The number of benzene rings is 2. The van der Waals surface area contributed by atoms with Crippen LogP contribution >= 0.6 is 0 Å². The van der Waals surface area contributed by atoms with E-state index in [1.807, 2.05) is 42.5 Å². The molecule has 1 atom stereocenters. The molecule has 0 radical (unpaired) electrons. The maximum Gasteiger partial charge on any atom is 0.247 e. The molecule has 1 saturated heterocycles. The van der Waals surface area contributed by atoms with Crippen LogP contribution in [0.5, 0.6) is 0 Å². The quantitative estimate of drug-likeness (QED) is 0.618. The van der Waals surface area contributed by atoms with Crippen molar-refractivity contribution in [2.45, 2.75) is 19.0 Å². The average molecular weight is 395 g/mol. The standard InChI is InChI=1S/C22H21NO4S/c24-22(11-10-20-8-4-13-27-20)23(19-12-14-28(25,26)16-19)15-18-7-3-6-17-5-1-2-9-21(17)18/h1-11,13,19H,12,14-16H2. The molecule has 5 nitrogen and oxygen atoms in total. The van der Waals surface area contributed by atoms with E-state index in [0.29, 0.717) is 18.7 Å². The second-order valence-electron chi connectivity index (χ2n) is 7.01. The molecular formula is C22H21NO4S. The van der Waals surface area contributed by atoms with Gasteiger partial charge in [0.15, 0.2) is 9.84 Å². The van der Waals surface area contributed by atoms with E-state index in [1.165, 1.54) is 6.08 Å². The fraction of sp³-hybridized carbons (Fsp3) is 0.227. The first kappa shape index (κ1) is 18.5. The minimum absolute atomic E-state index is 0.0120. The molecule has 2 heterocycles. The number of hydrogen-bond acceptors (Lipinski definition) is 4. The Morgan fingerprint density at radius 3 is 2.68 bits per heavy atom. The summed E-state index contributed by atoms with van der Waals surface area (Å²) in [5.74, 6) is 0.501.